The molecule has 0 saturated heterocycles. The lowest BCUT2D eigenvalue weighted by Gasteiger charge is -2.17. The molecule has 0 fully saturated rings. The quantitative estimate of drug-likeness (QED) is 0.728. The van der Waals surface area contributed by atoms with Crippen LogP contribution in [0.3, 0.4) is 0 Å². The summed E-state index contributed by atoms with van der Waals surface area (Å²) in [6, 6.07) is 4.17. The molecule has 0 aliphatic carbocycles. The van der Waals surface area contributed by atoms with Gasteiger partial charge in [0.05, 0.1) is 10.6 Å². The molecule has 1 aromatic rings. The molecule has 1 aliphatic rings. The van der Waals surface area contributed by atoms with Crippen molar-refractivity contribution in [3.8, 4) is 0 Å². The molecule has 0 unspecified atom stereocenters. The van der Waals surface area contributed by atoms with Crippen molar-refractivity contribution in [1.29, 1.82) is 0 Å². The van der Waals surface area contributed by atoms with Gasteiger partial charge in [-0.2, -0.15) is 0 Å². The zero-order valence-electron chi connectivity index (χ0n) is 8.48. The molecule has 84 valence electrons. The van der Waals surface area contributed by atoms with Gasteiger partial charge in [0.25, 0.3) is 0 Å². The number of benzene rings is 1. The number of hydrogen-bond donors (Lipinski definition) is 1. The van der Waals surface area contributed by atoms with E-state index < -0.39 is 21.5 Å². The summed E-state index contributed by atoms with van der Waals surface area (Å²) in [6.45, 7) is 1.38. The van der Waals surface area contributed by atoms with E-state index in [9.17, 15) is 18.0 Å². The minimum atomic E-state index is -3.56. The number of ketones is 1. The van der Waals surface area contributed by atoms with Gasteiger partial charge in [-0.25, -0.2) is 8.42 Å². The average molecular weight is 239 g/mol. The van der Waals surface area contributed by atoms with Crippen LogP contribution in [0.15, 0.2) is 23.1 Å². The molecule has 1 aliphatic heterocycles. The highest BCUT2D eigenvalue weighted by atomic mass is 32.2. The lowest BCUT2D eigenvalue weighted by molar-refractivity contribution is -0.114. The topological polar surface area (TPSA) is 80.3 Å². The lowest BCUT2D eigenvalue weighted by atomic mass is 10.1. The molecule has 6 heteroatoms. The molecule has 2 rings (SSSR count). The van der Waals surface area contributed by atoms with Crippen LogP contribution in [0.4, 0.5) is 5.69 Å². The third-order valence-corrected chi connectivity index (χ3v) is 3.98. The van der Waals surface area contributed by atoms with E-state index in [4.69, 9.17) is 0 Å². The summed E-state index contributed by atoms with van der Waals surface area (Å²) < 4.78 is 23.2. The van der Waals surface area contributed by atoms with Crippen LogP contribution >= 0.6 is 0 Å². The van der Waals surface area contributed by atoms with Crippen LogP contribution in [0, 0.1) is 0 Å². The summed E-state index contributed by atoms with van der Waals surface area (Å²) in [7, 11) is -3.56. The number of carbonyl (C=O) groups is 2. The van der Waals surface area contributed by atoms with Crippen LogP contribution in [0.1, 0.15) is 17.3 Å². The number of hydrogen-bond acceptors (Lipinski definition) is 4. The van der Waals surface area contributed by atoms with Crippen LogP contribution in [0.5, 0.6) is 0 Å². The van der Waals surface area contributed by atoms with E-state index >= 15 is 0 Å². The Labute approximate surface area is 92.4 Å². The smallest absolute Gasteiger partial charge is 0.239 e. The van der Waals surface area contributed by atoms with Crippen LogP contribution in [-0.4, -0.2) is 25.9 Å². The lowest BCUT2D eigenvalue weighted by Crippen LogP contribution is -2.29. The molecule has 1 heterocycles. The Bertz CT molecular complexity index is 589. The van der Waals surface area contributed by atoms with Crippen LogP contribution in [0.2, 0.25) is 0 Å². The van der Waals surface area contributed by atoms with Gasteiger partial charge in [-0.1, -0.05) is 0 Å². The van der Waals surface area contributed by atoms with Crippen LogP contribution < -0.4 is 5.32 Å². The van der Waals surface area contributed by atoms with E-state index in [1.54, 1.807) is 0 Å². The monoisotopic (exact) mass is 239 g/mol. The van der Waals surface area contributed by atoms with Gasteiger partial charge in [0.15, 0.2) is 15.6 Å². The SMILES string of the molecule is CC(=O)c1ccc2c(c1)NC(=O)CS2(=O)=O. The maximum atomic E-state index is 11.6. The Hall–Kier alpha value is -1.69. The summed E-state index contributed by atoms with van der Waals surface area (Å²) in [6.07, 6.45) is 0. The minimum absolute atomic E-state index is 0.0668. The molecule has 1 aromatic carbocycles. The molecule has 1 amide bonds. The Morgan fingerprint density at radius 2 is 2.06 bits per heavy atom. The number of sulfone groups is 1. The van der Waals surface area contributed by atoms with Crippen molar-refractivity contribution in [2.45, 2.75) is 11.8 Å². The normalized spacial score (nSPS) is 17.4. The van der Waals surface area contributed by atoms with Gasteiger partial charge in [-0.15, -0.1) is 0 Å². The minimum Gasteiger partial charge on any atom is -0.324 e. The number of amides is 1. The molecule has 0 bridgehead atoms. The van der Waals surface area contributed by atoms with E-state index in [1.165, 1.54) is 25.1 Å². The summed E-state index contributed by atoms with van der Waals surface area (Å²) in [4.78, 5) is 22.3. The second kappa shape index (κ2) is 3.41. The third-order valence-electron chi connectivity index (χ3n) is 2.32. The molecular formula is C10H9NO4S. The highest BCUT2D eigenvalue weighted by Gasteiger charge is 2.28. The van der Waals surface area contributed by atoms with Gasteiger partial charge in [0.2, 0.25) is 5.91 Å². The molecule has 0 saturated carbocycles. The highest BCUT2D eigenvalue weighted by Crippen LogP contribution is 2.27. The van der Waals surface area contributed by atoms with Crippen molar-refractivity contribution in [2.24, 2.45) is 0 Å². The van der Waals surface area contributed by atoms with Gasteiger partial charge < -0.3 is 5.32 Å². The average Bonchev–Trinajstić information content (AvgIpc) is 2.14. The number of Topliss-reactive ketones (excluding diaryl/α,β-unsaturated/α-hetero) is 1. The second-order valence-corrected chi connectivity index (χ2v) is 5.53. The van der Waals surface area contributed by atoms with Gasteiger partial charge in [-0.05, 0) is 25.1 Å². The number of fused-ring (bicyclic) bond motifs is 1. The largest absolute Gasteiger partial charge is 0.324 e. The Morgan fingerprint density at radius 1 is 1.38 bits per heavy atom. The fourth-order valence-corrected chi connectivity index (χ4v) is 2.85. The van der Waals surface area contributed by atoms with Crippen molar-refractivity contribution in [1.82, 2.24) is 0 Å². The predicted molar refractivity (Wildman–Crippen MR) is 57.1 cm³/mol. The maximum absolute atomic E-state index is 11.6. The van der Waals surface area contributed by atoms with Gasteiger partial charge in [-0.3, -0.25) is 9.59 Å². The van der Waals surface area contributed by atoms with Crippen molar-refractivity contribution in [3.05, 3.63) is 23.8 Å². The summed E-state index contributed by atoms with van der Waals surface area (Å²) in [5, 5.41) is 2.44. The number of anilines is 1. The van der Waals surface area contributed by atoms with E-state index in [1.807, 2.05) is 0 Å². The zero-order valence-corrected chi connectivity index (χ0v) is 9.30. The van der Waals surface area contributed by atoms with E-state index in [0.29, 0.717) is 5.56 Å². The summed E-state index contributed by atoms with van der Waals surface area (Å²) in [5.41, 5.74) is 0.556. The van der Waals surface area contributed by atoms with Crippen molar-refractivity contribution in [2.75, 3.05) is 11.1 Å². The molecular weight excluding hydrogens is 230 g/mol. The summed E-state index contributed by atoms with van der Waals surface area (Å²) in [5.74, 6) is -1.30. The van der Waals surface area contributed by atoms with Crippen LogP contribution in [0.25, 0.3) is 0 Å². The van der Waals surface area contributed by atoms with Crippen molar-refractivity contribution >= 4 is 27.2 Å². The predicted octanol–water partition coefficient (Wildman–Crippen LogP) is 0.615. The number of nitrogens with one attached hydrogen (secondary N) is 1. The summed E-state index contributed by atoms with van der Waals surface area (Å²) >= 11 is 0. The Morgan fingerprint density at radius 3 is 2.69 bits per heavy atom. The molecule has 5 nitrogen and oxygen atoms in total. The van der Waals surface area contributed by atoms with Crippen LogP contribution in [-0.2, 0) is 14.6 Å². The first kappa shape index (κ1) is 10.8. The fourth-order valence-electron chi connectivity index (χ4n) is 1.55. The highest BCUT2D eigenvalue weighted by molar-refractivity contribution is 7.92. The Kier molecular flexibility index (Phi) is 2.31. The number of rotatable bonds is 1. The standard InChI is InChI=1S/C10H9NO4S/c1-6(12)7-2-3-9-8(4-7)11-10(13)5-16(9,14)15/h2-4H,5H2,1H3,(H,11,13). The first-order chi connectivity index (χ1) is 7.40. The maximum Gasteiger partial charge on any atom is 0.239 e. The second-order valence-electron chi connectivity index (χ2n) is 3.57. The van der Waals surface area contributed by atoms with Gasteiger partial charge in [0, 0.05) is 5.56 Å². The molecule has 1 N–H and O–H groups in total. The van der Waals surface area contributed by atoms with Gasteiger partial charge >= 0.3 is 0 Å². The first-order valence-electron chi connectivity index (χ1n) is 4.58. The molecule has 16 heavy (non-hydrogen) atoms. The third kappa shape index (κ3) is 1.71. The molecule has 0 aromatic heterocycles. The van der Waals surface area contributed by atoms with Gasteiger partial charge in [0.1, 0.15) is 5.75 Å². The van der Waals surface area contributed by atoms with Crippen molar-refractivity contribution < 1.29 is 18.0 Å². The number of carbonyl (C=O) groups excluding carboxylic acids is 2. The fraction of sp³-hybridized carbons (Fsp3) is 0.200. The van der Waals surface area contributed by atoms with E-state index in [2.05, 4.69) is 5.32 Å². The zero-order chi connectivity index (χ0) is 11.9. The molecule has 0 atom stereocenters. The Balaban J connectivity index is 2.64. The first-order valence-corrected chi connectivity index (χ1v) is 6.23. The van der Waals surface area contributed by atoms with E-state index in [-0.39, 0.29) is 16.4 Å². The molecule has 0 spiro atoms. The van der Waals surface area contributed by atoms with Crippen molar-refractivity contribution in [3.63, 3.8) is 0 Å². The van der Waals surface area contributed by atoms with E-state index in [0.717, 1.165) is 0 Å². The molecule has 0 radical (unpaired) electrons.